The second kappa shape index (κ2) is 6.91. The van der Waals surface area contributed by atoms with Gasteiger partial charge in [0.15, 0.2) is 4.34 Å². The topological polar surface area (TPSA) is 33.2 Å². The van der Waals surface area contributed by atoms with Gasteiger partial charge < -0.3 is 4.90 Å². The lowest BCUT2D eigenvalue weighted by atomic mass is 10.3. The maximum Gasteiger partial charge on any atom is 0.240 e. The van der Waals surface area contributed by atoms with E-state index in [9.17, 15) is 4.79 Å². The van der Waals surface area contributed by atoms with E-state index in [0.717, 1.165) is 20.2 Å². The first kappa shape index (κ1) is 16.3. The third kappa shape index (κ3) is 3.68. The van der Waals surface area contributed by atoms with Crippen LogP contribution in [0.4, 0.5) is 5.69 Å². The van der Waals surface area contributed by atoms with Crippen LogP contribution in [0.5, 0.6) is 0 Å². The quantitative estimate of drug-likeness (QED) is 0.606. The Bertz CT molecular complexity index is 835. The van der Waals surface area contributed by atoms with Gasteiger partial charge in [-0.15, -0.1) is 11.3 Å². The third-order valence-electron chi connectivity index (χ3n) is 3.43. The molecule has 118 valence electrons. The lowest BCUT2D eigenvalue weighted by molar-refractivity contribution is -0.117. The first-order chi connectivity index (χ1) is 11.0. The van der Waals surface area contributed by atoms with Crippen molar-refractivity contribution in [1.82, 2.24) is 4.98 Å². The smallest absolute Gasteiger partial charge is 0.240 e. The first-order valence-corrected chi connectivity index (χ1v) is 9.17. The molecule has 1 heterocycles. The van der Waals surface area contributed by atoms with E-state index in [2.05, 4.69) is 4.98 Å². The van der Waals surface area contributed by atoms with Crippen LogP contribution in [0.1, 0.15) is 6.92 Å². The van der Waals surface area contributed by atoms with Crippen molar-refractivity contribution in [2.24, 2.45) is 0 Å². The predicted molar refractivity (Wildman–Crippen MR) is 99.8 cm³/mol. The van der Waals surface area contributed by atoms with Crippen molar-refractivity contribution in [2.45, 2.75) is 16.5 Å². The van der Waals surface area contributed by atoms with Crippen LogP contribution in [0, 0.1) is 0 Å². The summed E-state index contributed by atoms with van der Waals surface area (Å²) >= 11 is 9.05. The average Bonchev–Trinajstić information content (AvgIpc) is 2.95. The number of anilines is 1. The number of thioether (sulfide) groups is 1. The summed E-state index contributed by atoms with van der Waals surface area (Å²) in [5.74, 6) is 0.0542. The second-order valence-corrected chi connectivity index (χ2v) is 8.14. The molecule has 0 aliphatic carbocycles. The Hall–Kier alpha value is -1.56. The van der Waals surface area contributed by atoms with Gasteiger partial charge in [0, 0.05) is 17.8 Å². The largest absolute Gasteiger partial charge is 0.315 e. The van der Waals surface area contributed by atoms with Crippen LogP contribution < -0.4 is 4.90 Å². The fourth-order valence-electron chi connectivity index (χ4n) is 2.18. The number of hydrogen-bond acceptors (Lipinski definition) is 4. The van der Waals surface area contributed by atoms with Crippen LogP contribution in [0.3, 0.4) is 0 Å². The minimum atomic E-state index is -0.212. The number of nitrogens with zero attached hydrogens (tertiary/aromatic N) is 2. The van der Waals surface area contributed by atoms with Crippen LogP contribution in [0.25, 0.3) is 10.2 Å². The molecular formula is C17H15ClN2OS2. The fourth-order valence-corrected chi connectivity index (χ4v) is 4.63. The Morgan fingerprint density at radius 3 is 2.74 bits per heavy atom. The molecule has 0 aliphatic heterocycles. The van der Waals surface area contributed by atoms with Crippen LogP contribution in [-0.2, 0) is 4.79 Å². The van der Waals surface area contributed by atoms with Crippen molar-refractivity contribution in [3.05, 3.63) is 53.6 Å². The van der Waals surface area contributed by atoms with E-state index in [1.54, 1.807) is 23.3 Å². The predicted octanol–water partition coefficient (Wildman–Crippen LogP) is 5.09. The molecule has 1 amide bonds. The summed E-state index contributed by atoms with van der Waals surface area (Å²) in [4.78, 5) is 18.8. The zero-order chi connectivity index (χ0) is 16.4. The van der Waals surface area contributed by atoms with Gasteiger partial charge in [0.1, 0.15) is 0 Å². The molecule has 3 nitrogen and oxygen atoms in total. The minimum Gasteiger partial charge on any atom is -0.315 e. The van der Waals surface area contributed by atoms with Crippen molar-refractivity contribution in [2.75, 3.05) is 11.9 Å². The molecule has 0 unspecified atom stereocenters. The summed E-state index contributed by atoms with van der Waals surface area (Å²) in [6.45, 7) is 1.91. The Labute approximate surface area is 148 Å². The van der Waals surface area contributed by atoms with Gasteiger partial charge in [-0.05, 0) is 37.3 Å². The summed E-state index contributed by atoms with van der Waals surface area (Å²) in [6.07, 6.45) is 0. The van der Waals surface area contributed by atoms with Crippen molar-refractivity contribution in [1.29, 1.82) is 0 Å². The molecule has 3 aromatic rings. The van der Waals surface area contributed by atoms with Gasteiger partial charge in [0.2, 0.25) is 5.91 Å². The number of carbonyl (C=O) groups excluding carboxylic acids is 1. The van der Waals surface area contributed by atoms with Gasteiger partial charge in [-0.2, -0.15) is 0 Å². The van der Waals surface area contributed by atoms with Crippen LogP contribution in [-0.4, -0.2) is 23.2 Å². The zero-order valence-electron chi connectivity index (χ0n) is 12.7. The molecule has 0 spiro atoms. The van der Waals surface area contributed by atoms with Crippen molar-refractivity contribution >= 4 is 56.5 Å². The number of thiazole rings is 1. The molecule has 6 heteroatoms. The van der Waals surface area contributed by atoms with Crippen LogP contribution >= 0.6 is 34.7 Å². The number of halogens is 1. The van der Waals surface area contributed by atoms with Gasteiger partial charge in [-0.1, -0.05) is 41.6 Å². The van der Waals surface area contributed by atoms with Crippen LogP contribution in [0.15, 0.2) is 52.9 Å². The van der Waals surface area contributed by atoms with E-state index in [4.69, 9.17) is 11.6 Å². The van der Waals surface area contributed by atoms with Gasteiger partial charge in [-0.3, -0.25) is 4.79 Å². The summed E-state index contributed by atoms with van der Waals surface area (Å²) in [5.41, 5.74) is 1.77. The van der Waals surface area contributed by atoms with Gasteiger partial charge in [-0.25, -0.2) is 4.98 Å². The molecule has 3 rings (SSSR count). The second-order valence-electron chi connectivity index (χ2n) is 5.08. The van der Waals surface area contributed by atoms with Gasteiger partial charge >= 0.3 is 0 Å². The van der Waals surface area contributed by atoms with E-state index in [-0.39, 0.29) is 11.2 Å². The number of fused-ring (bicyclic) bond motifs is 1. The Balaban J connectivity index is 1.74. The molecule has 23 heavy (non-hydrogen) atoms. The van der Waals surface area contributed by atoms with Crippen molar-refractivity contribution in [3.8, 4) is 0 Å². The number of benzene rings is 2. The summed E-state index contributed by atoms with van der Waals surface area (Å²) in [7, 11) is 1.80. The number of carbonyl (C=O) groups is 1. The molecule has 0 saturated carbocycles. The normalized spacial score (nSPS) is 12.3. The van der Waals surface area contributed by atoms with Crippen molar-refractivity contribution in [3.63, 3.8) is 0 Å². The Kier molecular flexibility index (Phi) is 4.90. The summed E-state index contributed by atoms with van der Waals surface area (Å²) < 4.78 is 1.96. The minimum absolute atomic E-state index is 0.0542. The highest BCUT2D eigenvalue weighted by atomic mass is 35.5. The SMILES string of the molecule is C[C@H](Sc1nc2cc(Cl)ccc2s1)C(=O)N(C)c1ccccc1. The molecule has 0 fully saturated rings. The summed E-state index contributed by atoms with van der Waals surface area (Å²) in [5, 5.41) is 0.462. The molecule has 0 N–H and O–H groups in total. The highest BCUT2D eigenvalue weighted by Gasteiger charge is 2.21. The standard InChI is InChI=1S/C17H15ClN2OS2/c1-11(16(21)20(2)13-6-4-3-5-7-13)22-17-19-14-10-12(18)8-9-15(14)23-17/h3-11H,1-2H3/t11-/m0/s1. The Morgan fingerprint density at radius 2 is 2.00 bits per heavy atom. The molecule has 0 bridgehead atoms. The molecule has 0 saturated heterocycles. The lowest BCUT2D eigenvalue weighted by Crippen LogP contribution is -2.33. The maximum atomic E-state index is 12.6. The number of hydrogen-bond donors (Lipinski definition) is 0. The zero-order valence-corrected chi connectivity index (χ0v) is 15.1. The van der Waals surface area contributed by atoms with Gasteiger partial charge in [0.25, 0.3) is 0 Å². The summed E-state index contributed by atoms with van der Waals surface area (Å²) in [6, 6.07) is 15.3. The lowest BCUT2D eigenvalue weighted by Gasteiger charge is -2.20. The Morgan fingerprint density at radius 1 is 1.26 bits per heavy atom. The molecule has 0 aliphatic rings. The fraction of sp³-hybridized carbons (Fsp3) is 0.176. The van der Waals surface area contributed by atoms with E-state index < -0.39 is 0 Å². The highest BCUT2D eigenvalue weighted by Crippen LogP contribution is 2.33. The molecule has 2 aromatic carbocycles. The number of para-hydroxylation sites is 1. The highest BCUT2D eigenvalue weighted by molar-refractivity contribution is 8.02. The number of amides is 1. The van der Waals surface area contributed by atoms with Crippen molar-refractivity contribution < 1.29 is 4.79 Å². The number of rotatable bonds is 4. The molecule has 1 atom stereocenters. The molecular weight excluding hydrogens is 348 g/mol. The van der Waals surface area contributed by atoms with E-state index in [0.29, 0.717) is 5.02 Å². The van der Waals surface area contributed by atoms with E-state index in [1.165, 1.54) is 11.8 Å². The monoisotopic (exact) mass is 362 g/mol. The maximum absolute atomic E-state index is 12.6. The van der Waals surface area contributed by atoms with E-state index in [1.807, 2.05) is 55.5 Å². The van der Waals surface area contributed by atoms with Gasteiger partial charge in [0.05, 0.1) is 15.5 Å². The molecule has 0 radical (unpaired) electrons. The number of aromatic nitrogens is 1. The average molecular weight is 363 g/mol. The molecule has 1 aromatic heterocycles. The third-order valence-corrected chi connectivity index (χ3v) is 5.88. The first-order valence-electron chi connectivity index (χ1n) is 7.10. The van der Waals surface area contributed by atoms with E-state index >= 15 is 0 Å². The van der Waals surface area contributed by atoms with Crippen LogP contribution in [0.2, 0.25) is 5.02 Å².